The Balaban J connectivity index is 3.55. The molecule has 0 saturated heterocycles. The number of nitrogens with one attached hydrogen (secondary N) is 1. The zero-order valence-corrected chi connectivity index (χ0v) is 9.51. The van der Waals surface area contributed by atoms with Crippen molar-refractivity contribution < 1.29 is 4.79 Å². The second kappa shape index (κ2) is 5.16. The van der Waals surface area contributed by atoms with Crippen LogP contribution in [0.2, 0.25) is 0 Å². The van der Waals surface area contributed by atoms with Crippen LogP contribution in [-0.2, 0) is 4.79 Å². The summed E-state index contributed by atoms with van der Waals surface area (Å²) in [7, 11) is 0. The lowest BCUT2D eigenvalue weighted by Crippen LogP contribution is -2.01. The molecule has 0 atom stereocenters. The molecule has 0 aromatic heterocycles. The molecule has 0 spiro atoms. The first kappa shape index (κ1) is 10.5. The molecule has 0 fully saturated rings. The highest BCUT2D eigenvalue weighted by atomic mass is 80.0. The van der Waals surface area contributed by atoms with E-state index in [4.69, 9.17) is 0 Å². The van der Waals surface area contributed by atoms with Crippen LogP contribution in [0, 0.1) is 12.0 Å². The summed E-state index contributed by atoms with van der Waals surface area (Å²) in [5.41, 5.74) is 0. The van der Waals surface area contributed by atoms with Gasteiger partial charge in [0.25, 0.3) is 0 Å². The maximum Gasteiger partial charge on any atom is 0.321 e. The van der Waals surface area contributed by atoms with Gasteiger partial charge in [0.2, 0.25) is 0 Å². The van der Waals surface area contributed by atoms with Gasteiger partial charge < -0.3 is 0 Å². The van der Waals surface area contributed by atoms with Crippen molar-refractivity contribution in [1.29, 1.82) is 0 Å². The van der Waals surface area contributed by atoms with Gasteiger partial charge in [-0.2, -0.15) is 0 Å². The summed E-state index contributed by atoms with van der Waals surface area (Å²) in [5, 5.41) is 2.09. The number of hydrogen-bond donors (Lipinski definition) is 1. The minimum absolute atomic E-state index is 0.357. The van der Waals surface area contributed by atoms with E-state index >= 15 is 0 Å². The molecule has 10 heavy (non-hydrogen) atoms. The van der Waals surface area contributed by atoms with Crippen molar-refractivity contribution in [3.05, 3.63) is 0 Å². The molecule has 1 N–H and O–H groups in total. The van der Waals surface area contributed by atoms with Gasteiger partial charge in [-0.25, -0.2) is 0 Å². The third kappa shape index (κ3) is 8.47. The van der Waals surface area contributed by atoms with E-state index in [2.05, 4.69) is 65.1 Å². The van der Waals surface area contributed by atoms with Crippen molar-refractivity contribution in [2.45, 2.75) is 8.56 Å². The van der Waals surface area contributed by atoms with Crippen LogP contribution in [0.25, 0.3) is 0 Å². The normalized spacial score (nSPS) is 9.50. The molecule has 1 amide bonds. The summed E-state index contributed by atoms with van der Waals surface area (Å²) in [6.45, 7) is 0. The van der Waals surface area contributed by atoms with E-state index in [1.54, 1.807) is 0 Å². The first-order valence-corrected chi connectivity index (χ1v) is 4.61. The topological polar surface area (TPSA) is 29.1 Å². The van der Waals surface area contributed by atoms with Crippen molar-refractivity contribution in [2.75, 3.05) is 0 Å². The minimum Gasteiger partial charge on any atom is -0.277 e. The number of alkyl halides is 3. The molecular formula is C5H3Br3NO. The fraction of sp³-hybridized carbons (Fsp3) is 0.400. The number of carbonyl (C=O) groups excluding carboxylic acids is 1. The average Bonchev–Trinajstić information content (AvgIpc) is 1.78. The van der Waals surface area contributed by atoms with Gasteiger partial charge in [-0.15, -0.1) is 0 Å². The molecule has 0 heterocycles. The van der Waals surface area contributed by atoms with E-state index in [0.29, 0.717) is 6.42 Å². The highest BCUT2D eigenvalue weighted by Crippen LogP contribution is 2.36. The number of rotatable bonds is 1. The molecule has 0 saturated carbocycles. The van der Waals surface area contributed by atoms with Crippen molar-refractivity contribution >= 4 is 54.2 Å². The highest BCUT2D eigenvalue weighted by Gasteiger charge is 2.14. The van der Waals surface area contributed by atoms with Gasteiger partial charge in [-0.3, -0.25) is 10.1 Å². The minimum atomic E-state index is -0.357. The van der Waals surface area contributed by atoms with E-state index in [0.717, 1.165) is 0 Å². The van der Waals surface area contributed by atoms with Crippen molar-refractivity contribution in [3.63, 3.8) is 0 Å². The lowest BCUT2D eigenvalue weighted by atomic mass is 10.5. The van der Waals surface area contributed by atoms with Crippen molar-refractivity contribution in [3.8, 4) is 12.0 Å². The number of amides is 1. The largest absolute Gasteiger partial charge is 0.321 e. The molecule has 0 aromatic carbocycles. The molecule has 0 aliphatic carbocycles. The van der Waals surface area contributed by atoms with Crippen LogP contribution in [-0.4, -0.2) is 8.55 Å². The molecule has 1 radical (unpaired) electrons. The maximum atomic E-state index is 9.56. The predicted molar refractivity (Wildman–Crippen MR) is 50.7 cm³/mol. The highest BCUT2D eigenvalue weighted by molar-refractivity contribution is 9.39. The summed E-state index contributed by atoms with van der Waals surface area (Å²) in [5.74, 6) is 2.66. The van der Waals surface area contributed by atoms with Crippen molar-refractivity contribution in [2.24, 2.45) is 0 Å². The lowest BCUT2D eigenvalue weighted by Gasteiger charge is -2.04. The number of halogens is 3. The zero-order chi connectivity index (χ0) is 8.04. The molecule has 0 aliphatic heterocycles. The van der Waals surface area contributed by atoms with E-state index in [-0.39, 0.29) is 2.14 Å². The van der Waals surface area contributed by atoms with Crippen LogP contribution in [0.4, 0.5) is 0 Å². The third-order valence-corrected chi connectivity index (χ3v) is 1.33. The third-order valence-electron chi connectivity index (χ3n) is 0.491. The molecule has 0 aliphatic rings. The maximum absolute atomic E-state index is 9.56. The van der Waals surface area contributed by atoms with Crippen LogP contribution in [0.15, 0.2) is 0 Å². The molecule has 0 bridgehead atoms. The molecule has 5 heteroatoms. The lowest BCUT2D eigenvalue weighted by molar-refractivity contribution is 0.551. The SMILES string of the molecule is O=[C]NC#CCC(Br)(Br)Br. The van der Waals surface area contributed by atoms with Crippen LogP contribution in [0.5, 0.6) is 0 Å². The smallest absolute Gasteiger partial charge is 0.277 e. The molecule has 2 nitrogen and oxygen atoms in total. The quantitative estimate of drug-likeness (QED) is 0.443. The van der Waals surface area contributed by atoms with E-state index in [9.17, 15) is 4.79 Å². The van der Waals surface area contributed by atoms with Crippen LogP contribution >= 0.6 is 47.8 Å². The van der Waals surface area contributed by atoms with Gasteiger partial charge in [-0.1, -0.05) is 53.7 Å². The zero-order valence-electron chi connectivity index (χ0n) is 4.75. The van der Waals surface area contributed by atoms with Gasteiger partial charge in [-0.05, 0) is 0 Å². The summed E-state index contributed by atoms with van der Waals surface area (Å²) >= 11 is 9.71. The van der Waals surface area contributed by atoms with Gasteiger partial charge in [0.05, 0.1) is 0 Å². The van der Waals surface area contributed by atoms with E-state index < -0.39 is 0 Å². The van der Waals surface area contributed by atoms with Gasteiger partial charge >= 0.3 is 6.41 Å². The van der Waals surface area contributed by atoms with E-state index in [1.807, 2.05) is 0 Å². The Hall–Kier alpha value is 0.470. The van der Waals surface area contributed by atoms with Gasteiger partial charge in [0.1, 0.15) is 2.14 Å². The van der Waals surface area contributed by atoms with Gasteiger partial charge in [0.15, 0.2) is 0 Å². The van der Waals surface area contributed by atoms with Crippen LogP contribution < -0.4 is 5.32 Å². The Morgan fingerprint density at radius 3 is 2.40 bits per heavy atom. The van der Waals surface area contributed by atoms with Crippen LogP contribution in [0.3, 0.4) is 0 Å². The summed E-state index contributed by atoms with van der Waals surface area (Å²) in [6.07, 6.45) is 1.96. The fourth-order valence-corrected chi connectivity index (χ4v) is 0.635. The molecule has 0 rings (SSSR count). The molecule has 0 unspecified atom stereocenters. The summed E-state index contributed by atoms with van der Waals surface area (Å²) < 4.78 is -0.357. The molecular weight excluding hydrogens is 330 g/mol. The summed E-state index contributed by atoms with van der Waals surface area (Å²) in [4.78, 5) is 9.56. The monoisotopic (exact) mass is 330 g/mol. The first-order chi connectivity index (χ1) is 4.56. The average molecular weight is 333 g/mol. The Morgan fingerprint density at radius 2 is 2.00 bits per heavy atom. The molecule has 0 aromatic rings. The second-order valence-electron chi connectivity index (χ2n) is 1.32. The van der Waals surface area contributed by atoms with E-state index in [1.165, 1.54) is 6.41 Å². The summed E-state index contributed by atoms with van der Waals surface area (Å²) in [6, 6.07) is 2.38. The predicted octanol–water partition coefficient (Wildman–Crippen LogP) is 1.83. The first-order valence-electron chi connectivity index (χ1n) is 2.23. The Labute approximate surface area is 84.5 Å². The Bertz CT molecular complexity index is 164. The molecule has 55 valence electrons. The van der Waals surface area contributed by atoms with Crippen molar-refractivity contribution in [1.82, 2.24) is 5.32 Å². The Kier molecular flexibility index (Phi) is 5.41. The second-order valence-corrected chi connectivity index (χ2v) is 8.57. The standard InChI is InChI=1S/C5H3Br3NO/c6-5(7,8)2-1-3-9-4-10/h2H2,(H,9,10). The number of hydrogen-bond acceptors (Lipinski definition) is 1. The Morgan fingerprint density at radius 1 is 1.40 bits per heavy atom. The fourth-order valence-electron chi connectivity index (χ4n) is 0.214. The van der Waals surface area contributed by atoms with Crippen LogP contribution in [0.1, 0.15) is 6.42 Å². The van der Waals surface area contributed by atoms with Gasteiger partial charge in [0, 0.05) is 12.5 Å².